The molecule has 0 radical (unpaired) electrons. The molecule has 1 atom stereocenters. The fraction of sp³-hybridized carbons (Fsp3) is 0.500. The average Bonchev–Trinajstić information content (AvgIpc) is 2.74. The van der Waals surface area contributed by atoms with Gasteiger partial charge in [-0.3, -0.25) is 4.90 Å². The topological polar surface area (TPSA) is 12.5 Å². The van der Waals surface area contributed by atoms with Crippen molar-refractivity contribution in [2.24, 2.45) is 0 Å². The maximum atomic E-state index is 5.39. The Balaban J connectivity index is 1.99. The van der Waals surface area contributed by atoms with E-state index in [2.05, 4.69) is 46.1 Å². The van der Waals surface area contributed by atoms with Crippen LogP contribution in [0, 0.1) is 0 Å². The molecule has 1 aliphatic heterocycles. The van der Waals surface area contributed by atoms with Crippen LogP contribution in [0.25, 0.3) is 0 Å². The Morgan fingerprint density at radius 1 is 1.47 bits per heavy atom. The molecule has 1 aliphatic rings. The first kappa shape index (κ1) is 11.1. The van der Waals surface area contributed by atoms with Crippen LogP contribution in [0.3, 0.4) is 0 Å². The van der Waals surface area contributed by atoms with Crippen LogP contribution in [0.4, 0.5) is 0 Å². The summed E-state index contributed by atoms with van der Waals surface area (Å²) in [5, 5.41) is 0. The predicted octanol–water partition coefficient (Wildman–Crippen LogP) is 2.67. The zero-order chi connectivity index (χ0) is 10.7. The predicted molar refractivity (Wildman–Crippen MR) is 64.8 cm³/mol. The largest absolute Gasteiger partial charge is 0.380 e. The lowest BCUT2D eigenvalue weighted by Crippen LogP contribution is -2.31. The van der Waals surface area contributed by atoms with Crippen LogP contribution in [0.15, 0.2) is 28.7 Å². The molecule has 3 heteroatoms. The molecule has 1 heterocycles. The second-order valence-electron chi connectivity index (χ2n) is 4.02. The fourth-order valence-corrected chi connectivity index (χ4v) is 2.30. The zero-order valence-corrected chi connectivity index (χ0v) is 10.5. The number of benzene rings is 1. The highest BCUT2D eigenvalue weighted by atomic mass is 79.9. The van der Waals surface area contributed by atoms with Crippen molar-refractivity contribution >= 4 is 15.9 Å². The Morgan fingerprint density at radius 3 is 2.93 bits per heavy atom. The fourth-order valence-electron chi connectivity index (χ4n) is 1.89. The molecular weight excluding hydrogens is 254 g/mol. The molecule has 0 aromatic heterocycles. The molecule has 82 valence electrons. The number of ether oxygens (including phenoxy) is 1. The molecule has 0 bridgehead atoms. The molecule has 1 aromatic rings. The minimum absolute atomic E-state index is 0.581. The number of hydrogen-bond donors (Lipinski definition) is 0. The standard InChI is InChI=1S/C12H16BrNO/c1-14(11-6-7-15-9-11)8-10-4-2-3-5-12(10)13/h2-5,11H,6-9H2,1H3. The molecule has 0 amide bonds. The monoisotopic (exact) mass is 269 g/mol. The van der Waals surface area contributed by atoms with E-state index in [-0.39, 0.29) is 0 Å². The first-order valence-electron chi connectivity index (χ1n) is 5.29. The smallest absolute Gasteiger partial charge is 0.0622 e. The highest BCUT2D eigenvalue weighted by Crippen LogP contribution is 2.20. The van der Waals surface area contributed by atoms with Gasteiger partial charge in [-0.15, -0.1) is 0 Å². The first-order chi connectivity index (χ1) is 7.27. The number of halogens is 1. The Morgan fingerprint density at radius 2 is 2.27 bits per heavy atom. The van der Waals surface area contributed by atoms with E-state index >= 15 is 0 Å². The Labute approximate surface area is 99.4 Å². The Kier molecular flexibility index (Phi) is 3.78. The molecular formula is C12H16BrNO. The summed E-state index contributed by atoms with van der Waals surface area (Å²) < 4.78 is 6.58. The average molecular weight is 270 g/mol. The summed E-state index contributed by atoms with van der Waals surface area (Å²) >= 11 is 3.58. The molecule has 1 saturated heterocycles. The van der Waals surface area contributed by atoms with E-state index in [1.807, 2.05) is 6.07 Å². The van der Waals surface area contributed by atoms with Crippen LogP contribution in [0.5, 0.6) is 0 Å². The molecule has 1 aromatic carbocycles. The van der Waals surface area contributed by atoms with Gasteiger partial charge in [0.1, 0.15) is 0 Å². The van der Waals surface area contributed by atoms with Crippen molar-refractivity contribution < 1.29 is 4.74 Å². The van der Waals surface area contributed by atoms with Gasteiger partial charge in [0.15, 0.2) is 0 Å². The van der Waals surface area contributed by atoms with Crippen molar-refractivity contribution in [3.8, 4) is 0 Å². The molecule has 1 unspecified atom stereocenters. The van der Waals surface area contributed by atoms with Gasteiger partial charge in [0.05, 0.1) is 6.61 Å². The lowest BCUT2D eigenvalue weighted by molar-refractivity contribution is 0.156. The second-order valence-corrected chi connectivity index (χ2v) is 4.88. The van der Waals surface area contributed by atoms with Gasteiger partial charge in [-0.2, -0.15) is 0 Å². The summed E-state index contributed by atoms with van der Waals surface area (Å²) in [5.74, 6) is 0. The number of likely N-dealkylation sites (N-methyl/N-ethyl adjacent to an activating group) is 1. The number of hydrogen-bond acceptors (Lipinski definition) is 2. The summed E-state index contributed by atoms with van der Waals surface area (Å²) in [6, 6.07) is 8.97. The van der Waals surface area contributed by atoms with Crippen molar-refractivity contribution in [1.29, 1.82) is 0 Å². The van der Waals surface area contributed by atoms with Gasteiger partial charge in [-0.25, -0.2) is 0 Å². The van der Waals surface area contributed by atoms with Crippen molar-refractivity contribution in [2.45, 2.75) is 19.0 Å². The van der Waals surface area contributed by atoms with E-state index < -0.39 is 0 Å². The first-order valence-corrected chi connectivity index (χ1v) is 6.08. The van der Waals surface area contributed by atoms with Crippen molar-refractivity contribution in [3.05, 3.63) is 34.3 Å². The summed E-state index contributed by atoms with van der Waals surface area (Å²) in [4.78, 5) is 2.37. The highest BCUT2D eigenvalue weighted by molar-refractivity contribution is 9.10. The zero-order valence-electron chi connectivity index (χ0n) is 8.95. The summed E-state index contributed by atoms with van der Waals surface area (Å²) in [7, 11) is 2.17. The van der Waals surface area contributed by atoms with E-state index in [0.717, 1.165) is 26.2 Å². The summed E-state index contributed by atoms with van der Waals surface area (Å²) in [6.07, 6.45) is 1.15. The lowest BCUT2D eigenvalue weighted by Gasteiger charge is -2.23. The maximum Gasteiger partial charge on any atom is 0.0622 e. The van der Waals surface area contributed by atoms with E-state index in [0.29, 0.717) is 6.04 Å². The van der Waals surface area contributed by atoms with Crippen molar-refractivity contribution in [1.82, 2.24) is 4.90 Å². The minimum atomic E-state index is 0.581. The molecule has 0 saturated carbocycles. The van der Waals surface area contributed by atoms with Crippen LogP contribution < -0.4 is 0 Å². The molecule has 0 N–H and O–H groups in total. The molecule has 2 nitrogen and oxygen atoms in total. The third-order valence-electron chi connectivity index (χ3n) is 2.91. The summed E-state index contributed by atoms with van der Waals surface area (Å²) in [6.45, 7) is 2.77. The quantitative estimate of drug-likeness (QED) is 0.837. The highest BCUT2D eigenvalue weighted by Gasteiger charge is 2.20. The molecule has 0 spiro atoms. The van der Waals surface area contributed by atoms with Gasteiger partial charge >= 0.3 is 0 Å². The van der Waals surface area contributed by atoms with Crippen LogP contribution in [0.1, 0.15) is 12.0 Å². The van der Waals surface area contributed by atoms with Gasteiger partial charge in [0.2, 0.25) is 0 Å². The van der Waals surface area contributed by atoms with Crippen molar-refractivity contribution in [2.75, 3.05) is 20.3 Å². The molecule has 0 aliphatic carbocycles. The maximum absolute atomic E-state index is 5.39. The third-order valence-corrected chi connectivity index (χ3v) is 3.68. The van der Waals surface area contributed by atoms with Gasteiger partial charge in [0, 0.05) is 23.7 Å². The van der Waals surface area contributed by atoms with E-state index in [4.69, 9.17) is 4.74 Å². The van der Waals surface area contributed by atoms with E-state index in [1.165, 1.54) is 10.0 Å². The van der Waals surface area contributed by atoms with Gasteiger partial charge in [-0.05, 0) is 25.1 Å². The molecule has 15 heavy (non-hydrogen) atoms. The third kappa shape index (κ3) is 2.80. The number of rotatable bonds is 3. The normalized spacial score (nSPS) is 21.1. The second kappa shape index (κ2) is 5.10. The molecule has 1 fully saturated rings. The van der Waals surface area contributed by atoms with E-state index in [9.17, 15) is 0 Å². The summed E-state index contributed by atoms with van der Waals surface area (Å²) in [5.41, 5.74) is 1.34. The van der Waals surface area contributed by atoms with Crippen LogP contribution >= 0.6 is 15.9 Å². The van der Waals surface area contributed by atoms with Crippen LogP contribution in [0.2, 0.25) is 0 Å². The lowest BCUT2D eigenvalue weighted by atomic mass is 10.1. The van der Waals surface area contributed by atoms with Gasteiger partial charge < -0.3 is 4.74 Å². The SMILES string of the molecule is CN(Cc1ccccc1Br)C1CCOC1. The van der Waals surface area contributed by atoms with Crippen LogP contribution in [-0.2, 0) is 11.3 Å². The van der Waals surface area contributed by atoms with Crippen LogP contribution in [-0.4, -0.2) is 31.2 Å². The Bertz CT molecular complexity index is 323. The van der Waals surface area contributed by atoms with Crippen molar-refractivity contribution in [3.63, 3.8) is 0 Å². The van der Waals surface area contributed by atoms with Gasteiger partial charge in [-0.1, -0.05) is 34.1 Å². The Hall–Kier alpha value is -0.380. The number of nitrogens with zero attached hydrogens (tertiary/aromatic N) is 1. The van der Waals surface area contributed by atoms with Gasteiger partial charge in [0.25, 0.3) is 0 Å². The minimum Gasteiger partial charge on any atom is -0.380 e. The molecule has 2 rings (SSSR count). The van der Waals surface area contributed by atoms with E-state index in [1.54, 1.807) is 0 Å².